The van der Waals surface area contributed by atoms with Crippen LogP contribution >= 0.6 is 0 Å². The van der Waals surface area contributed by atoms with Gasteiger partial charge >= 0.3 is 0 Å². The lowest BCUT2D eigenvalue weighted by atomic mass is 9.99. The van der Waals surface area contributed by atoms with Crippen LogP contribution in [0.15, 0.2) is 4.90 Å². The maximum atomic E-state index is 11.6. The maximum Gasteiger partial charge on any atom is 0.294 e. The zero-order valence-electron chi connectivity index (χ0n) is 11.8. The second-order valence-electron chi connectivity index (χ2n) is 4.89. The molecule has 1 aromatic rings. The first kappa shape index (κ1) is 15.4. The molecule has 0 fully saturated rings. The zero-order valence-corrected chi connectivity index (χ0v) is 14.0. The van der Waals surface area contributed by atoms with Gasteiger partial charge in [0.1, 0.15) is 0 Å². The first-order chi connectivity index (χ1) is 8.21. The van der Waals surface area contributed by atoms with Gasteiger partial charge in [-0.1, -0.05) is 19.4 Å². The van der Waals surface area contributed by atoms with Gasteiger partial charge in [-0.05, 0) is 55.1 Å². The molecule has 102 valence electrons. The van der Waals surface area contributed by atoms with Gasteiger partial charge in [0.15, 0.2) is 0 Å². The molecule has 0 saturated heterocycles. The van der Waals surface area contributed by atoms with Crippen LogP contribution < -0.4 is 5.19 Å². The molecule has 18 heavy (non-hydrogen) atoms. The minimum atomic E-state index is -4.12. The van der Waals surface area contributed by atoms with Crippen molar-refractivity contribution in [1.29, 1.82) is 0 Å². The van der Waals surface area contributed by atoms with Crippen molar-refractivity contribution in [3.8, 4) is 0 Å². The summed E-state index contributed by atoms with van der Waals surface area (Å²) in [6, 6.07) is 1.06. The van der Waals surface area contributed by atoms with Crippen molar-refractivity contribution in [1.82, 2.24) is 0 Å². The fraction of sp³-hybridized carbons (Fsp3) is 0.538. The summed E-state index contributed by atoms with van der Waals surface area (Å²) in [4.78, 5) is 0.184. The standard InChI is InChI=1S/C13H22O3SSi/c1-6-7-18-13-11(5)9(3)8(2)10(4)12(13)17(14,15)16/h6-7,18H2,1-5H3,(H,14,15,16). The van der Waals surface area contributed by atoms with Crippen molar-refractivity contribution in [3.05, 3.63) is 22.3 Å². The highest BCUT2D eigenvalue weighted by Crippen LogP contribution is 2.23. The molecule has 0 amide bonds. The van der Waals surface area contributed by atoms with E-state index in [0.29, 0.717) is 5.56 Å². The molecule has 0 aliphatic heterocycles. The summed E-state index contributed by atoms with van der Waals surface area (Å²) in [7, 11) is -4.77. The minimum Gasteiger partial charge on any atom is -0.282 e. The molecule has 0 aliphatic rings. The van der Waals surface area contributed by atoms with E-state index in [1.54, 1.807) is 6.92 Å². The summed E-state index contributed by atoms with van der Waals surface area (Å²) >= 11 is 0. The molecule has 0 radical (unpaired) electrons. The molecule has 1 aromatic carbocycles. The molecule has 3 nitrogen and oxygen atoms in total. The molecule has 0 aliphatic carbocycles. The Balaban J connectivity index is 3.65. The Morgan fingerprint density at radius 1 is 1.00 bits per heavy atom. The van der Waals surface area contributed by atoms with Gasteiger partial charge in [0.05, 0.1) is 14.4 Å². The molecule has 0 heterocycles. The van der Waals surface area contributed by atoms with Gasteiger partial charge in [0, 0.05) is 0 Å². The molecule has 0 atom stereocenters. The molecule has 0 saturated carbocycles. The van der Waals surface area contributed by atoms with Crippen LogP contribution in [0.25, 0.3) is 0 Å². The van der Waals surface area contributed by atoms with Crippen molar-refractivity contribution in [2.24, 2.45) is 0 Å². The van der Waals surface area contributed by atoms with E-state index in [2.05, 4.69) is 6.92 Å². The Hall–Kier alpha value is -0.653. The fourth-order valence-corrected chi connectivity index (χ4v) is 6.06. The van der Waals surface area contributed by atoms with E-state index in [4.69, 9.17) is 0 Å². The SMILES string of the molecule is CCC[SiH2]c1c(C)c(C)c(C)c(C)c1S(=O)(=O)O. The Morgan fingerprint density at radius 3 is 1.94 bits per heavy atom. The molecule has 0 unspecified atom stereocenters. The average Bonchev–Trinajstić information content (AvgIpc) is 2.27. The highest BCUT2D eigenvalue weighted by Gasteiger charge is 2.23. The van der Waals surface area contributed by atoms with Crippen molar-refractivity contribution < 1.29 is 13.0 Å². The monoisotopic (exact) mass is 286 g/mol. The predicted molar refractivity (Wildman–Crippen MR) is 78.5 cm³/mol. The highest BCUT2D eigenvalue weighted by molar-refractivity contribution is 7.86. The maximum absolute atomic E-state index is 11.6. The third-order valence-electron chi connectivity index (χ3n) is 3.79. The minimum absolute atomic E-state index is 0.184. The van der Waals surface area contributed by atoms with Crippen LogP contribution in [0.3, 0.4) is 0 Å². The third kappa shape index (κ3) is 2.84. The topological polar surface area (TPSA) is 54.4 Å². The number of rotatable bonds is 4. The van der Waals surface area contributed by atoms with Crippen molar-refractivity contribution in [2.75, 3.05) is 0 Å². The van der Waals surface area contributed by atoms with E-state index >= 15 is 0 Å². The largest absolute Gasteiger partial charge is 0.294 e. The van der Waals surface area contributed by atoms with Crippen molar-refractivity contribution in [2.45, 2.75) is 52.0 Å². The molecule has 0 aromatic heterocycles. The normalized spacial score (nSPS) is 12.6. The van der Waals surface area contributed by atoms with Gasteiger partial charge in [-0.15, -0.1) is 0 Å². The van der Waals surface area contributed by atoms with E-state index in [1.807, 2.05) is 20.8 Å². The quantitative estimate of drug-likeness (QED) is 0.678. The first-order valence-corrected chi connectivity index (χ1v) is 9.43. The summed E-state index contributed by atoms with van der Waals surface area (Å²) in [5.74, 6) is 0. The van der Waals surface area contributed by atoms with E-state index in [9.17, 15) is 13.0 Å². The Kier molecular flexibility index (Phi) is 4.75. The van der Waals surface area contributed by atoms with Gasteiger partial charge in [-0.3, -0.25) is 4.55 Å². The second-order valence-corrected chi connectivity index (χ2v) is 8.16. The Bertz CT molecular complexity index is 562. The van der Waals surface area contributed by atoms with Crippen LogP contribution in [0.2, 0.25) is 6.04 Å². The van der Waals surface area contributed by atoms with Crippen LogP contribution in [-0.2, 0) is 10.1 Å². The number of benzene rings is 1. The summed E-state index contributed by atoms with van der Waals surface area (Å²) < 4.78 is 32.7. The van der Waals surface area contributed by atoms with Gasteiger partial charge in [0.2, 0.25) is 0 Å². The van der Waals surface area contributed by atoms with Gasteiger partial charge < -0.3 is 0 Å². The van der Waals surface area contributed by atoms with Crippen LogP contribution in [0.1, 0.15) is 35.6 Å². The second kappa shape index (κ2) is 5.55. The molecule has 5 heteroatoms. The van der Waals surface area contributed by atoms with Crippen LogP contribution in [0, 0.1) is 27.7 Å². The molecule has 0 bridgehead atoms. The zero-order chi connectivity index (χ0) is 14.1. The smallest absolute Gasteiger partial charge is 0.282 e. The first-order valence-electron chi connectivity index (χ1n) is 6.28. The molecular formula is C13H22O3SSi. The summed E-state index contributed by atoms with van der Waals surface area (Å²) in [5.41, 5.74) is 3.87. The van der Waals surface area contributed by atoms with E-state index in [1.165, 1.54) is 0 Å². The van der Waals surface area contributed by atoms with E-state index in [0.717, 1.165) is 34.3 Å². The Morgan fingerprint density at radius 2 is 1.50 bits per heavy atom. The summed E-state index contributed by atoms with van der Waals surface area (Å²) in [6.45, 7) is 9.79. The lowest BCUT2D eigenvalue weighted by molar-refractivity contribution is 0.483. The fourth-order valence-electron chi connectivity index (χ4n) is 2.36. The predicted octanol–water partition coefficient (Wildman–Crippen LogP) is 1.79. The summed E-state index contributed by atoms with van der Waals surface area (Å²) in [6.07, 6.45) is 1.06. The molecule has 1 rings (SSSR count). The Labute approximate surface area is 112 Å². The number of hydrogen-bond donors (Lipinski definition) is 1. The van der Waals surface area contributed by atoms with Gasteiger partial charge in [-0.2, -0.15) is 8.42 Å². The molecular weight excluding hydrogens is 264 g/mol. The molecule has 1 N–H and O–H groups in total. The highest BCUT2D eigenvalue weighted by atomic mass is 32.2. The van der Waals surface area contributed by atoms with Crippen LogP contribution in [0.4, 0.5) is 0 Å². The van der Waals surface area contributed by atoms with Crippen molar-refractivity contribution >= 4 is 24.8 Å². The van der Waals surface area contributed by atoms with Gasteiger partial charge in [-0.25, -0.2) is 0 Å². The van der Waals surface area contributed by atoms with Crippen molar-refractivity contribution in [3.63, 3.8) is 0 Å². The van der Waals surface area contributed by atoms with E-state index in [-0.39, 0.29) is 4.90 Å². The lowest BCUT2D eigenvalue weighted by Gasteiger charge is -2.18. The lowest BCUT2D eigenvalue weighted by Crippen LogP contribution is -2.28. The molecule has 0 spiro atoms. The van der Waals surface area contributed by atoms with Crippen LogP contribution in [0.5, 0.6) is 0 Å². The van der Waals surface area contributed by atoms with Gasteiger partial charge in [0.25, 0.3) is 10.1 Å². The number of hydrogen-bond acceptors (Lipinski definition) is 2. The third-order valence-corrected chi connectivity index (χ3v) is 7.56. The average molecular weight is 286 g/mol. The van der Waals surface area contributed by atoms with Crippen LogP contribution in [-0.4, -0.2) is 22.5 Å². The summed E-state index contributed by atoms with van der Waals surface area (Å²) in [5, 5.41) is 0.917. The van der Waals surface area contributed by atoms with E-state index < -0.39 is 19.6 Å².